The van der Waals surface area contributed by atoms with Crippen molar-refractivity contribution in [3.05, 3.63) is 34.7 Å². The van der Waals surface area contributed by atoms with Gasteiger partial charge in [0, 0.05) is 18.8 Å². The molecule has 0 fully saturated rings. The molecule has 0 saturated carbocycles. The number of nitrogens with zero attached hydrogens (tertiary/aromatic N) is 3. The van der Waals surface area contributed by atoms with Crippen molar-refractivity contribution in [1.29, 1.82) is 5.26 Å². The van der Waals surface area contributed by atoms with Crippen LogP contribution < -0.4 is 4.90 Å². The first-order valence-corrected chi connectivity index (χ1v) is 7.15. The van der Waals surface area contributed by atoms with Gasteiger partial charge in [-0.3, -0.25) is 4.98 Å². The molecular formula is C17H23N3. The van der Waals surface area contributed by atoms with Crippen LogP contribution in [0.25, 0.3) is 0 Å². The van der Waals surface area contributed by atoms with Crippen LogP contribution in [0.5, 0.6) is 0 Å². The summed E-state index contributed by atoms with van der Waals surface area (Å²) in [4.78, 5) is 6.68. The van der Waals surface area contributed by atoms with E-state index in [2.05, 4.69) is 42.8 Å². The summed E-state index contributed by atoms with van der Waals surface area (Å²) in [5.74, 6) is 0. The molecule has 3 nitrogen and oxygen atoms in total. The van der Waals surface area contributed by atoms with E-state index in [0.29, 0.717) is 5.56 Å². The minimum absolute atomic E-state index is 0.244. The molecule has 1 aliphatic heterocycles. The van der Waals surface area contributed by atoms with Crippen LogP contribution in [0.15, 0.2) is 17.7 Å². The topological polar surface area (TPSA) is 39.9 Å². The first kappa shape index (κ1) is 14.6. The van der Waals surface area contributed by atoms with Gasteiger partial charge in [0.1, 0.15) is 6.07 Å². The second kappa shape index (κ2) is 5.28. The van der Waals surface area contributed by atoms with E-state index in [-0.39, 0.29) is 5.41 Å². The largest absolute Gasteiger partial charge is 0.366 e. The van der Waals surface area contributed by atoms with E-state index in [1.165, 1.54) is 5.57 Å². The average molecular weight is 269 g/mol. The monoisotopic (exact) mass is 269 g/mol. The maximum absolute atomic E-state index is 9.37. The summed E-state index contributed by atoms with van der Waals surface area (Å²) in [5, 5.41) is 9.37. The smallest absolute Gasteiger partial charge is 0.103 e. The fraction of sp³-hybridized carbons (Fsp3) is 0.529. The number of aromatic nitrogens is 1. The number of nitriles is 1. The van der Waals surface area contributed by atoms with Gasteiger partial charge >= 0.3 is 0 Å². The summed E-state index contributed by atoms with van der Waals surface area (Å²) in [6.45, 7) is 12.5. The Morgan fingerprint density at radius 2 is 2.00 bits per heavy atom. The van der Waals surface area contributed by atoms with E-state index in [0.717, 1.165) is 36.6 Å². The zero-order valence-corrected chi connectivity index (χ0v) is 13.1. The number of rotatable bonds is 1. The molecule has 0 N–H and O–H groups in total. The highest BCUT2D eigenvalue weighted by Crippen LogP contribution is 2.32. The minimum Gasteiger partial charge on any atom is -0.366 e. The van der Waals surface area contributed by atoms with Gasteiger partial charge in [0.2, 0.25) is 0 Å². The first-order valence-electron chi connectivity index (χ1n) is 7.15. The molecule has 0 spiro atoms. The van der Waals surface area contributed by atoms with Crippen molar-refractivity contribution < 1.29 is 0 Å². The summed E-state index contributed by atoms with van der Waals surface area (Å²) < 4.78 is 0. The highest BCUT2D eigenvalue weighted by atomic mass is 15.1. The lowest BCUT2D eigenvalue weighted by atomic mass is 9.83. The molecule has 20 heavy (non-hydrogen) atoms. The summed E-state index contributed by atoms with van der Waals surface area (Å²) in [7, 11) is 0. The van der Waals surface area contributed by atoms with Crippen molar-refractivity contribution in [2.75, 3.05) is 18.0 Å². The van der Waals surface area contributed by atoms with Gasteiger partial charge in [-0.2, -0.15) is 5.26 Å². The summed E-state index contributed by atoms with van der Waals surface area (Å²) in [5.41, 5.74) is 5.30. The number of hydrogen-bond donors (Lipinski definition) is 0. The Morgan fingerprint density at radius 3 is 2.50 bits per heavy atom. The van der Waals surface area contributed by atoms with Crippen molar-refractivity contribution >= 4 is 5.69 Å². The molecule has 0 unspecified atom stereocenters. The Labute approximate surface area is 121 Å². The van der Waals surface area contributed by atoms with Crippen LogP contribution in [-0.2, 0) is 0 Å². The highest BCUT2D eigenvalue weighted by molar-refractivity contribution is 5.62. The molecule has 3 heteroatoms. The molecule has 0 amide bonds. The average Bonchev–Trinajstić information content (AvgIpc) is 2.37. The van der Waals surface area contributed by atoms with E-state index >= 15 is 0 Å². The van der Waals surface area contributed by atoms with E-state index in [9.17, 15) is 5.26 Å². The Hall–Kier alpha value is -1.82. The summed E-state index contributed by atoms with van der Waals surface area (Å²) in [6, 6.07) is 4.33. The molecule has 0 atom stereocenters. The molecule has 1 aliphatic rings. The van der Waals surface area contributed by atoms with Gasteiger partial charge in [-0.25, -0.2) is 0 Å². The molecule has 0 bridgehead atoms. The summed E-state index contributed by atoms with van der Waals surface area (Å²) >= 11 is 0. The second-order valence-corrected chi connectivity index (χ2v) is 6.53. The van der Waals surface area contributed by atoms with Gasteiger partial charge in [-0.05, 0) is 31.7 Å². The third-order valence-electron chi connectivity index (χ3n) is 3.93. The van der Waals surface area contributed by atoms with Crippen molar-refractivity contribution in [2.45, 2.75) is 41.0 Å². The Morgan fingerprint density at radius 1 is 1.30 bits per heavy atom. The molecule has 1 aromatic rings. The SMILES string of the molecule is Cc1cc(N2CC=C(C(C)(C)C)CC2)c(C#N)c(C)n1. The molecule has 2 heterocycles. The van der Waals surface area contributed by atoms with Crippen LogP contribution in [0.1, 0.15) is 44.1 Å². The van der Waals surface area contributed by atoms with Crippen LogP contribution in [0, 0.1) is 30.6 Å². The molecule has 0 radical (unpaired) electrons. The Bertz CT molecular complexity index is 585. The molecular weight excluding hydrogens is 246 g/mol. The van der Waals surface area contributed by atoms with E-state index in [1.807, 2.05) is 19.9 Å². The van der Waals surface area contributed by atoms with Gasteiger partial charge in [-0.1, -0.05) is 32.4 Å². The van der Waals surface area contributed by atoms with E-state index < -0.39 is 0 Å². The number of aryl methyl sites for hydroxylation is 2. The molecule has 0 aliphatic carbocycles. The van der Waals surface area contributed by atoms with E-state index in [1.54, 1.807) is 0 Å². The van der Waals surface area contributed by atoms with Gasteiger partial charge < -0.3 is 4.90 Å². The maximum Gasteiger partial charge on any atom is 0.103 e. The molecule has 2 rings (SSSR count). The highest BCUT2D eigenvalue weighted by Gasteiger charge is 2.23. The standard InChI is InChI=1S/C17H23N3/c1-12-10-16(15(11-18)13(2)19-12)20-8-6-14(7-9-20)17(3,4)5/h6,10H,7-9H2,1-5H3. The normalized spacial score (nSPS) is 15.8. The lowest BCUT2D eigenvalue weighted by Gasteiger charge is -2.34. The third kappa shape index (κ3) is 2.85. The minimum atomic E-state index is 0.244. The lowest BCUT2D eigenvalue weighted by molar-refractivity contribution is 0.472. The Balaban J connectivity index is 2.32. The van der Waals surface area contributed by atoms with E-state index in [4.69, 9.17) is 0 Å². The predicted octanol–water partition coefficient (Wildman–Crippen LogP) is 3.75. The predicted molar refractivity (Wildman–Crippen MR) is 82.8 cm³/mol. The quantitative estimate of drug-likeness (QED) is 0.729. The van der Waals surface area contributed by atoms with Crippen LogP contribution in [0.3, 0.4) is 0 Å². The van der Waals surface area contributed by atoms with Gasteiger partial charge in [0.15, 0.2) is 0 Å². The van der Waals surface area contributed by atoms with Crippen LogP contribution in [0.4, 0.5) is 5.69 Å². The van der Waals surface area contributed by atoms with Crippen LogP contribution >= 0.6 is 0 Å². The number of pyridine rings is 1. The van der Waals surface area contributed by atoms with Crippen LogP contribution in [-0.4, -0.2) is 18.1 Å². The van der Waals surface area contributed by atoms with Gasteiger partial charge in [0.25, 0.3) is 0 Å². The van der Waals surface area contributed by atoms with Gasteiger partial charge in [0.05, 0.1) is 16.9 Å². The number of anilines is 1. The molecule has 1 aromatic heterocycles. The van der Waals surface area contributed by atoms with Crippen LogP contribution in [0.2, 0.25) is 0 Å². The summed E-state index contributed by atoms with van der Waals surface area (Å²) in [6.07, 6.45) is 3.38. The molecule has 106 valence electrons. The third-order valence-corrected chi connectivity index (χ3v) is 3.93. The fourth-order valence-electron chi connectivity index (χ4n) is 2.76. The Kier molecular flexibility index (Phi) is 3.85. The first-order chi connectivity index (χ1) is 9.32. The second-order valence-electron chi connectivity index (χ2n) is 6.53. The van der Waals surface area contributed by atoms with Crippen molar-refractivity contribution in [3.63, 3.8) is 0 Å². The maximum atomic E-state index is 9.37. The molecule has 0 saturated heterocycles. The fourth-order valence-corrected chi connectivity index (χ4v) is 2.76. The van der Waals surface area contributed by atoms with Gasteiger partial charge in [-0.15, -0.1) is 0 Å². The zero-order valence-electron chi connectivity index (χ0n) is 13.1. The van der Waals surface area contributed by atoms with Crippen molar-refractivity contribution in [2.24, 2.45) is 5.41 Å². The number of hydrogen-bond acceptors (Lipinski definition) is 3. The molecule has 0 aromatic carbocycles. The van der Waals surface area contributed by atoms with Crippen molar-refractivity contribution in [3.8, 4) is 6.07 Å². The zero-order chi connectivity index (χ0) is 14.9. The lowest BCUT2D eigenvalue weighted by Crippen LogP contribution is -2.32. The van der Waals surface area contributed by atoms with Crippen molar-refractivity contribution in [1.82, 2.24) is 4.98 Å².